The van der Waals surface area contributed by atoms with Crippen LogP contribution in [0.3, 0.4) is 0 Å². The van der Waals surface area contributed by atoms with E-state index in [9.17, 15) is 0 Å². The van der Waals surface area contributed by atoms with Gasteiger partial charge in [-0.2, -0.15) is 0 Å². The Morgan fingerprint density at radius 1 is 1.25 bits per heavy atom. The predicted octanol–water partition coefficient (Wildman–Crippen LogP) is 3.73. The van der Waals surface area contributed by atoms with Crippen LogP contribution >= 0.6 is 38.9 Å². The predicted molar refractivity (Wildman–Crippen MR) is 85.7 cm³/mol. The minimum Gasteiger partial charge on any atom is -0.495 e. The highest BCUT2D eigenvalue weighted by atomic mass is 79.9. The van der Waals surface area contributed by atoms with Crippen LogP contribution in [0.15, 0.2) is 28.7 Å². The van der Waals surface area contributed by atoms with Gasteiger partial charge in [-0.05, 0) is 40.2 Å². The van der Waals surface area contributed by atoms with Gasteiger partial charge in [-0.1, -0.05) is 11.6 Å². The Morgan fingerprint density at radius 2 is 2.00 bits per heavy atom. The van der Waals surface area contributed by atoms with E-state index in [0.29, 0.717) is 15.8 Å². The lowest BCUT2D eigenvalue weighted by atomic mass is 10.0. The van der Waals surface area contributed by atoms with Gasteiger partial charge in [0, 0.05) is 10.4 Å². The molecule has 2 aromatic rings. The summed E-state index contributed by atoms with van der Waals surface area (Å²) in [5.74, 6) is 7.08. The average Bonchev–Trinajstić information content (AvgIpc) is 2.86. The monoisotopic (exact) mass is 376 g/mol. The molecule has 1 unspecified atom stereocenters. The molecule has 0 amide bonds. The van der Waals surface area contributed by atoms with E-state index in [1.54, 1.807) is 14.2 Å². The van der Waals surface area contributed by atoms with Crippen LogP contribution in [-0.4, -0.2) is 14.2 Å². The third-order valence-corrected chi connectivity index (χ3v) is 4.92. The van der Waals surface area contributed by atoms with Crippen LogP contribution in [0.2, 0.25) is 4.34 Å². The molecule has 0 aliphatic carbocycles. The van der Waals surface area contributed by atoms with Crippen LogP contribution in [0.4, 0.5) is 0 Å². The first-order valence-electron chi connectivity index (χ1n) is 5.74. The lowest BCUT2D eigenvalue weighted by Gasteiger charge is -2.20. The molecule has 1 aromatic heterocycles. The molecule has 4 nitrogen and oxygen atoms in total. The Hall–Kier alpha value is -0.790. The Morgan fingerprint density at radius 3 is 2.50 bits per heavy atom. The molecule has 0 saturated carbocycles. The first kappa shape index (κ1) is 15.6. The maximum absolute atomic E-state index is 5.99. The molecule has 0 radical (unpaired) electrons. The molecule has 0 aliphatic rings. The van der Waals surface area contributed by atoms with E-state index >= 15 is 0 Å². The van der Waals surface area contributed by atoms with E-state index < -0.39 is 0 Å². The standard InChI is InChI=1S/C13H14BrClN2O2S/c1-18-8-4-3-7(13(19-2)11(8)14)12(17-16)9-5-6-10(15)20-9/h3-6,12,17H,16H2,1-2H3. The second kappa shape index (κ2) is 6.78. The van der Waals surface area contributed by atoms with Crippen molar-refractivity contribution in [2.24, 2.45) is 5.84 Å². The van der Waals surface area contributed by atoms with Crippen molar-refractivity contribution in [3.63, 3.8) is 0 Å². The van der Waals surface area contributed by atoms with Gasteiger partial charge in [-0.15, -0.1) is 11.3 Å². The molecule has 1 heterocycles. The number of hydrogen-bond donors (Lipinski definition) is 2. The molecule has 0 spiro atoms. The smallest absolute Gasteiger partial charge is 0.142 e. The van der Waals surface area contributed by atoms with Crippen molar-refractivity contribution in [2.75, 3.05) is 14.2 Å². The fourth-order valence-electron chi connectivity index (χ4n) is 1.95. The zero-order valence-corrected chi connectivity index (χ0v) is 14.1. The molecular formula is C13H14BrClN2O2S. The van der Waals surface area contributed by atoms with E-state index in [1.807, 2.05) is 24.3 Å². The van der Waals surface area contributed by atoms with Gasteiger partial charge in [0.15, 0.2) is 0 Å². The summed E-state index contributed by atoms with van der Waals surface area (Å²) in [7, 11) is 3.22. The van der Waals surface area contributed by atoms with Crippen LogP contribution in [-0.2, 0) is 0 Å². The molecule has 0 fully saturated rings. The summed E-state index contributed by atoms with van der Waals surface area (Å²) < 4.78 is 12.2. The minimum atomic E-state index is -0.204. The van der Waals surface area contributed by atoms with Gasteiger partial charge < -0.3 is 9.47 Å². The highest BCUT2D eigenvalue weighted by molar-refractivity contribution is 9.10. The number of hydrazine groups is 1. The SMILES string of the molecule is COc1ccc(C(NN)c2ccc(Cl)s2)c(OC)c1Br. The van der Waals surface area contributed by atoms with Crippen molar-refractivity contribution in [1.82, 2.24) is 5.43 Å². The van der Waals surface area contributed by atoms with E-state index in [1.165, 1.54) is 11.3 Å². The topological polar surface area (TPSA) is 56.5 Å². The number of benzene rings is 1. The Labute approximate surface area is 134 Å². The number of nitrogens with one attached hydrogen (secondary N) is 1. The molecule has 0 bridgehead atoms. The first-order chi connectivity index (χ1) is 9.62. The number of ether oxygens (including phenoxy) is 2. The van der Waals surface area contributed by atoms with Crippen molar-refractivity contribution < 1.29 is 9.47 Å². The third-order valence-electron chi connectivity index (χ3n) is 2.87. The summed E-state index contributed by atoms with van der Waals surface area (Å²) in [6.07, 6.45) is 0. The number of halogens is 2. The van der Waals surface area contributed by atoms with Crippen LogP contribution in [0.5, 0.6) is 11.5 Å². The van der Waals surface area contributed by atoms with Crippen molar-refractivity contribution in [3.05, 3.63) is 43.5 Å². The maximum atomic E-state index is 5.99. The summed E-state index contributed by atoms with van der Waals surface area (Å²) >= 11 is 10.9. The van der Waals surface area contributed by atoms with E-state index in [4.69, 9.17) is 26.9 Å². The molecule has 1 aromatic carbocycles. The van der Waals surface area contributed by atoms with Gasteiger partial charge in [-0.3, -0.25) is 5.84 Å². The average molecular weight is 378 g/mol. The van der Waals surface area contributed by atoms with Gasteiger partial charge >= 0.3 is 0 Å². The van der Waals surface area contributed by atoms with Crippen molar-refractivity contribution in [3.8, 4) is 11.5 Å². The van der Waals surface area contributed by atoms with Crippen LogP contribution in [0, 0.1) is 0 Å². The van der Waals surface area contributed by atoms with Gasteiger partial charge in [0.25, 0.3) is 0 Å². The molecule has 108 valence electrons. The van der Waals surface area contributed by atoms with Gasteiger partial charge in [-0.25, -0.2) is 5.43 Å². The van der Waals surface area contributed by atoms with Crippen LogP contribution in [0.25, 0.3) is 0 Å². The van der Waals surface area contributed by atoms with Crippen molar-refractivity contribution >= 4 is 38.9 Å². The molecule has 2 rings (SSSR count). The Bertz CT molecular complexity index is 606. The second-order valence-electron chi connectivity index (χ2n) is 3.95. The Balaban J connectivity index is 2.52. The maximum Gasteiger partial charge on any atom is 0.142 e. The molecule has 20 heavy (non-hydrogen) atoms. The number of hydrogen-bond acceptors (Lipinski definition) is 5. The Kier molecular flexibility index (Phi) is 5.29. The summed E-state index contributed by atoms with van der Waals surface area (Å²) in [6, 6.07) is 7.36. The largest absolute Gasteiger partial charge is 0.495 e. The molecule has 0 aliphatic heterocycles. The molecular weight excluding hydrogens is 364 g/mol. The molecule has 3 N–H and O–H groups in total. The van der Waals surface area contributed by atoms with Crippen molar-refractivity contribution in [2.45, 2.75) is 6.04 Å². The fourth-order valence-corrected chi connectivity index (χ4v) is 3.78. The molecule has 1 atom stereocenters. The van der Waals surface area contributed by atoms with E-state index in [0.717, 1.165) is 14.9 Å². The van der Waals surface area contributed by atoms with Gasteiger partial charge in [0.1, 0.15) is 16.0 Å². The summed E-state index contributed by atoms with van der Waals surface area (Å²) in [6.45, 7) is 0. The first-order valence-corrected chi connectivity index (χ1v) is 7.72. The third kappa shape index (κ3) is 2.94. The normalized spacial score (nSPS) is 12.2. The quantitative estimate of drug-likeness (QED) is 0.616. The number of thiophene rings is 1. The number of nitrogens with two attached hydrogens (primary N) is 1. The zero-order chi connectivity index (χ0) is 14.7. The van der Waals surface area contributed by atoms with Crippen molar-refractivity contribution in [1.29, 1.82) is 0 Å². The fraction of sp³-hybridized carbons (Fsp3) is 0.231. The van der Waals surface area contributed by atoms with Gasteiger partial charge in [0.05, 0.1) is 24.6 Å². The minimum absolute atomic E-state index is 0.204. The summed E-state index contributed by atoms with van der Waals surface area (Å²) in [5, 5.41) is 0. The van der Waals surface area contributed by atoms with Gasteiger partial charge in [0.2, 0.25) is 0 Å². The summed E-state index contributed by atoms with van der Waals surface area (Å²) in [4.78, 5) is 1.01. The number of rotatable bonds is 5. The molecule has 0 saturated heterocycles. The zero-order valence-electron chi connectivity index (χ0n) is 10.9. The lowest BCUT2D eigenvalue weighted by Crippen LogP contribution is -2.28. The van der Waals surface area contributed by atoms with Crippen LogP contribution < -0.4 is 20.7 Å². The number of methoxy groups -OCH3 is 2. The highest BCUT2D eigenvalue weighted by Gasteiger charge is 2.22. The molecule has 7 heteroatoms. The van der Waals surface area contributed by atoms with Crippen LogP contribution in [0.1, 0.15) is 16.5 Å². The second-order valence-corrected chi connectivity index (χ2v) is 6.49. The van der Waals surface area contributed by atoms with E-state index in [-0.39, 0.29) is 6.04 Å². The summed E-state index contributed by atoms with van der Waals surface area (Å²) in [5.41, 5.74) is 3.70. The van der Waals surface area contributed by atoms with E-state index in [2.05, 4.69) is 21.4 Å². The lowest BCUT2D eigenvalue weighted by molar-refractivity contribution is 0.383. The highest BCUT2D eigenvalue weighted by Crippen LogP contribution is 2.42.